The second kappa shape index (κ2) is 7.94. The molecule has 0 aliphatic carbocycles. The maximum absolute atomic E-state index is 12.5. The monoisotopic (exact) mass is 380 g/mol. The van der Waals surface area contributed by atoms with Crippen LogP contribution in [0.1, 0.15) is 22.1 Å². The Hall–Kier alpha value is -2.30. The summed E-state index contributed by atoms with van der Waals surface area (Å²) >= 11 is 0. The van der Waals surface area contributed by atoms with Gasteiger partial charge in [-0.15, -0.1) is 10.2 Å². The van der Waals surface area contributed by atoms with Crippen molar-refractivity contribution in [2.45, 2.75) is 18.2 Å². The number of carbonyl (C=O) groups excluding carboxylic acids is 1. The molecule has 1 aromatic heterocycles. The number of aromatic nitrogens is 2. The summed E-state index contributed by atoms with van der Waals surface area (Å²) in [6, 6.07) is 5.89. The van der Waals surface area contributed by atoms with E-state index in [4.69, 9.17) is 9.15 Å². The molecule has 0 bridgehead atoms. The van der Waals surface area contributed by atoms with Crippen molar-refractivity contribution in [3.8, 4) is 0 Å². The molecular formula is C16H20N4O5S. The van der Waals surface area contributed by atoms with Gasteiger partial charge >= 0.3 is 0 Å². The maximum atomic E-state index is 12.5. The Kier molecular flexibility index (Phi) is 5.64. The predicted molar refractivity (Wildman–Crippen MR) is 91.1 cm³/mol. The third kappa shape index (κ3) is 4.26. The van der Waals surface area contributed by atoms with E-state index in [-0.39, 0.29) is 10.8 Å². The second-order valence-corrected chi connectivity index (χ2v) is 7.70. The maximum Gasteiger partial charge on any atom is 0.251 e. The molecule has 26 heavy (non-hydrogen) atoms. The van der Waals surface area contributed by atoms with Crippen LogP contribution < -0.4 is 5.32 Å². The minimum atomic E-state index is -3.56. The van der Waals surface area contributed by atoms with Crippen LogP contribution >= 0.6 is 0 Å². The van der Waals surface area contributed by atoms with Crippen LogP contribution in [0.25, 0.3) is 0 Å². The standard InChI is InChI=1S/C16H20N4O5S/c1-12-18-19-15(25-12)6-7-17-16(21)13-2-4-14(5-3-13)26(22,23)20-8-10-24-11-9-20/h2-5H,6-11H2,1H3,(H,17,21). The molecule has 140 valence electrons. The van der Waals surface area contributed by atoms with Gasteiger partial charge in [0.2, 0.25) is 21.8 Å². The van der Waals surface area contributed by atoms with Gasteiger partial charge in [-0.3, -0.25) is 4.79 Å². The Bertz CT molecular complexity index is 857. The van der Waals surface area contributed by atoms with Gasteiger partial charge in [-0.25, -0.2) is 8.42 Å². The number of hydrogen-bond donors (Lipinski definition) is 1. The van der Waals surface area contributed by atoms with Crippen molar-refractivity contribution >= 4 is 15.9 Å². The number of carbonyl (C=O) groups is 1. The van der Waals surface area contributed by atoms with Gasteiger partial charge < -0.3 is 14.5 Å². The Labute approximate surface area is 151 Å². The average Bonchev–Trinajstić information content (AvgIpc) is 3.07. The van der Waals surface area contributed by atoms with Gasteiger partial charge in [0, 0.05) is 38.5 Å². The molecule has 1 saturated heterocycles. The summed E-state index contributed by atoms with van der Waals surface area (Å²) in [4.78, 5) is 12.3. The largest absolute Gasteiger partial charge is 0.426 e. The summed E-state index contributed by atoms with van der Waals surface area (Å²) in [5.41, 5.74) is 0.382. The molecule has 0 unspecified atom stereocenters. The molecule has 3 rings (SSSR count). The number of sulfonamides is 1. The van der Waals surface area contributed by atoms with E-state index in [9.17, 15) is 13.2 Å². The lowest BCUT2D eigenvalue weighted by atomic mass is 10.2. The molecule has 10 heteroatoms. The van der Waals surface area contributed by atoms with E-state index >= 15 is 0 Å². The SMILES string of the molecule is Cc1nnc(CCNC(=O)c2ccc(S(=O)(=O)N3CCOCC3)cc2)o1. The number of amides is 1. The number of morpholine rings is 1. The highest BCUT2D eigenvalue weighted by molar-refractivity contribution is 7.89. The van der Waals surface area contributed by atoms with Gasteiger partial charge in [-0.05, 0) is 24.3 Å². The molecule has 1 aliphatic heterocycles. The van der Waals surface area contributed by atoms with Crippen molar-refractivity contribution in [1.29, 1.82) is 0 Å². The first-order valence-corrected chi connectivity index (χ1v) is 9.66. The molecule has 2 aromatic rings. The van der Waals surface area contributed by atoms with Gasteiger partial charge in [-0.2, -0.15) is 4.31 Å². The fourth-order valence-electron chi connectivity index (χ4n) is 2.54. The van der Waals surface area contributed by atoms with Gasteiger partial charge in [0.1, 0.15) is 0 Å². The Morgan fingerprint density at radius 3 is 2.50 bits per heavy atom. The normalized spacial score (nSPS) is 15.7. The fraction of sp³-hybridized carbons (Fsp3) is 0.438. The first-order valence-electron chi connectivity index (χ1n) is 8.22. The molecule has 1 N–H and O–H groups in total. The molecule has 0 spiro atoms. The lowest BCUT2D eigenvalue weighted by Gasteiger charge is -2.26. The Balaban J connectivity index is 1.58. The summed E-state index contributed by atoms with van der Waals surface area (Å²) in [7, 11) is -3.56. The zero-order chi connectivity index (χ0) is 18.6. The molecule has 0 saturated carbocycles. The average molecular weight is 380 g/mol. The smallest absolute Gasteiger partial charge is 0.251 e. The highest BCUT2D eigenvalue weighted by atomic mass is 32.2. The number of aryl methyl sites for hydroxylation is 1. The molecule has 2 heterocycles. The fourth-order valence-corrected chi connectivity index (χ4v) is 3.95. The van der Waals surface area contributed by atoms with E-state index in [0.717, 1.165) is 0 Å². The number of ether oxygens (including phenoxy) is 1. The van der Waals surface area contributed by atoms with Crippen LogP contribution in [0.4, 0.5) is 0 Å². The first-order chi connectivity index (χ1) is 12.5. The van der Waals surface area contributed by atoms with Crippen LogP contribution in [-0.4, -0.2) is 61.7 Å². The number of nitrogens with zero attached hydrogens (tertiary/aromatic N) is 3. The van der Waals surface area contributed by atoms with E-state index in [1.54, 1.807) is 6.92 Å². The quantitative estimate of drug-likeness (QED) is 0.770. The van der Waals surface area contributed by atoms with Crippen LogP contribution in [0.5, 0.6) is 0 Å². The zero-order valence-corrected chi connectivity index (χ0v) is 15.2. The van der Waals surface area contributed by atoms with Gasteiger partial charge in [0.15, 0.2) is 0 Å². The van der Waals surface area contributed by atoms with Crippen molar-refractivity contribution in [1.82, 2.24) is 19.8 Å². The molecule has 1 aliphatic rings. The van der Waals surface area contributed by atoms with Gasteiger partial charge in [-0.1, -0.05) is 0 Å². The number of hydrogen-bond acceptors (Lipinski definition) is 7. The Morgan fingerprint density at radius 1 is 1.19 bits per heavy atom. The van der Waals surface area contributed by atoms with Crippen molar-refractivity contribution in [3.63, 3.8) is 0 Å². The third-order valence-electron chi connectivity index (χ3n) is 3.92. The molecule has 1 amide bonds. The number of nitrogens with one attached hydrogen (secondary N) is 1. The summed E-state index contributed by atoms with van der Waals surface area (Å²) in [5.74, 6) is 0.634. The summed E-state index contributed by atoms with van der Waals surface area (Å²) in [6.07, 6.45) is 0.427. The van der Waals surface area contributed by atoms with E-state index in [1.165, 1.54) is 28.6 Å². The van der Waals surface area contributed by atoms with Crippen molar-refractivity contribution < 1.29 is 22.4 Å². The molecular weight excluding hydrogens is 360 g/mol. The van der Waals surface area contributed by atoms with E-state index in [2.05, 4.69) is 15.5 Å². The minimum absolute atomic E-state index is 0.164. The van der Waals surface area contributed by atoms with Crippen molar-refractivity contribution in [2.75, 3.05) is 32.8 Å². The lowest BCUT2D eigenvalue weighted by molar-refractivity contribution is 0.0730. The number of benzene rings is 1. The van der Waals surface area contributed by atoms with Gasteiger partial charge in [0.05, 0.1) is 18.1 Å². The molecule has 1 aromatic carbocycles. The zero-order valence-electron chi connectivity index (χ0n) is 14.3. The molecule has 9 nitrogen and oxygen atoms in total. The lowest BCUT2D eigenvalue weighted by Crippen LogP contribution is -2.40. The third-order valence-corrected chi connectivity index (χ3v) is 5.83. The predicted octanol–water partition coefficient (Wildman–Crippen LogP) is 0.371. The van der Waals surface area contributed by atoms with Crippen LogP contribution in [0.15, 0.2) is 33.6 Å². The van der Waals surface area contributed by atoms with Crippen LogP contribution in [0.3, 0.4) is 0 Å². The molecule has 0 atom stereocenters. The first kappa shape index (κ1) is 18.5. The highest BCUT2D eigenvalue weighted by Gasteiger charge is 2.26. The van der Waals surface area contributed by atoms with E-state index in [0.29, 0.717) is 56.6 Å². The van der Waals surface area contributed by atoms with E-state index in [1.807, 2.05) is 0 Å². The Morgan fingerprint density at radius 2 is 1.88 bits per heavy atom. The van der Waals surface area contributed by atoms with Crippen LogP contribution in [0.2, 0.25) is 0 Å². The minimum Gasteiger partial charge on any atom is -0.426 e. The molecule has 1 fully saturated rings. The second-order valence-electron chi connectivity index (χ2n) is 5.76. The summed E-state index contributed by atoms with van der Waals surface area (Å²) in [6.45, 7) is 3.48. The summed E-state index contributed by atoms with van der Waals surface area (Å²) in [5, 5.41) is 10.3. The van der Waals surface area contributed by atoms with Crippen molar-refractivity contribution in [2.24, 2.45) is 0 Å². The highest BCUT2D eigenvalue weighted by Crippen LogP contribution is 2.17. The van der Waals surface area contributed by atoms with Crippen molar-refractivity contribution in [3.05, 3.63) is 41.6 Å². The van der Waals surface area contributed by atoms with Crippen LogP contribution in [0, 0.1) is 6.92 Å². The van der Waals surface area contributed by atoms with Crippen LogP contribution in [-0.2, 0) is 21.2 Å². The molecule has 0 radical (unpaired) electrons. The number of rotatable bonds is 6. The van der Waals surface area contributed by atoms with E-state index < -0.39 is 10.0 Å². The topological polar surface area (TPSA) is 115 Å². The summed E-state index contributed by atoms with van der Waals surface area (Å²) < 4.78 is 36.9. The van der Waals surface area contributed by atoms with Gasteiger partial charge in [0.25, 0.3) is 5.91 Å².